The number of carbonyl (C=O) groups is 3. The third-order valence-electron chi connectivity index (χ3n) is 2.72. The molecule has 0 bridgehead atoms. The molecule has 0 aliphatic heterocycles. The number of halogens is 1. The molecule has 0 saturated carbocycles. The Morgan fingerprint density at radius 1 is 0.895 bits per heavy atom. The zero-order valence-corrected chi connectivity index (χ0v) is 13.1. The largest absolute Gasteiger partial charge is 0.469 e. The first-order chi connectivity index (χ1) is 8.87. The van der Waals surface area contributed by atoms with E-state index in [2.05, 4.69) is 30.1 Å². The summed E-state index contributed by atoms with van der Waals surface area (Å²) in [6.07, 6.45) is 0.444. The minimum Gasteiger partial charge on any atom is -0.469 e. The Kier molecular flexibility index (Phi) is 8.38. The Hall–Kier alpha value is -1.11. The van der Waals surface area contributed by atoms with Crippen LogP contribution in [-0.4, -0.2) is 44.1 Å². The third-order valence-corrected chi connectivity index (χ3v) is 3.47. The van der Waals surface area contributed by atoms with Crippen molar-refractivity contribution in [3.05, 3.63) is 0 Å². The van der Waals surface area contributed by atoms with E-state index < -0.39 is 34.6 Å². The van der Waals surface area contributed by atoms with E-state index in [4.69, 9.17) is 0 Å². The maximum atomic E-state index is 11.7. The molecule has 110 valence electrons. The minimum atomic E-state index is -0.619. The first kappa shape index (κ1) is 17.9. The van der Waals surface area contributed by atoms with Crippen molar-refractivity contribution in [2.75, 3.05) is 21.3 Å². The Labute approximate surface area is 120 Å². The molecule has 3 atom stereocenters. The number of methoxy groups -OCH3 is 3. The molecule has 0 aromatic rings. The molecule has 6 nitrogen and oxygen atoms in total. The summed E-state index contributed by atoms with van der Waals surface area (Å²) in [6.45, 7) is 1.66. The molecule has 0 spiro atoms. The Balaban J connectivity index is 4.69. The van der Waals surface area contributed by atoms with E-state index in [1.165, 1.54) is 21.3 Å². The summed E-state index contributed by atoms with van der Waals surface area (Å²) in [5, 5.41) is 0. The molecule has 0 aliphatic carbocycles. The molecule has 19 heavy (non-hydrogen) atoms. The summed E-state index contributed by atoms with van der Waals surface area (Å²) in [4.78, 5) is 33.7. The SMILES string of the molecule is COC(=O)C(C)CC(CC(Br)C(=O)OC)C(=O)OC. The van der Waals surface area contributed by atoms with Crippen molar-refractivity contribution in [1.82, 2.24) is 0 Å². The molecule has 0 rings (SSSR count). The van der Waals surface area contributed by atoms with Crippen molar-refractivity contribution < 1.29 is 28.6 Å². The molecule has 0 fully saturated rings. The first-order valence-corrected chi connectivity index (χ1v) is 6.66. The smallest absolute Gasteiger partial charge is 0.319 e. The Morgan fingerprint density at radius 3 is 1.79 bits per heavy atom. The van der Waals surface area contributed by atoms with Gasteiger partial charge in [-0.2, -0.15) is 0 Å². The van der Waals surface area contributed by atoms with Crippen LogP contribution in [-0.2, 0) is 28.6 Å². The molecule has 0 radical (unpaired) electrons. The van der Waals surface area contributed by atoms with Crippen LogP contribution in [0.5, 0.6) is 0 Å². The van der Waals surface area contributed by atoms with Crippen molar-refractivity contribution in [2.45, 2.75) is 24.6 Å². The van der Waals surface area contributed by atoms with Gasteiger partial charge in [0.05, 0.1) is 33.2 Å². The molecule has 0 aliphatic rings. The summed E-state index contributed by atoms with van der Waals surface area (Å²) in [5.74, 6) is -2.38. The average Bonchev–Trinajstić information content (AvgIpc) is 2.43. The molecular formula is C12H19BrO6. The summed E-state index contributed by atoms with van der Waals surface area (Å²) >= 11 is 3.15. The second kappa shape index (κ2) is 8.90. The topological polar surface area (TPSA) is 78.9 Å². The first-order valence-electron chi connectivity index (χ1n) is 5.74. The predicted octanol–water partition coefficient (Wildman–Crippen LogP) is 1.30. The van der Waals surface area contributed by atoms with Crippen LogP contribution in [0.15, 0.2) is 0 Å². The van der Waals surface area contributed by atoms with Crippen molar-refractivity contribution in [3.8, 4) is 0 Å². The molecule has 0 aromatic heterocycles. The van der Waals surface area contributed by atoms with Gasteiger partial charge in [0.1, 0.15) is 4.83 Å². The number of carbonyl (C=O) groups excluding carboxylic acids is 3. The van der Waals surface area contributed by atoms with E-state index in [1.54, 1.807) is 6.92 Å². The second-order valence-electron chi connectivity index (χ2n) is 4.11. The van der Waals surface area contributed by atoms with Crippen LogP contribution in [0.2, 0.25) is 0 Å². The fraction of sp³-hybridized carbons (Fsp3) is 0.750. The third kappa shape index (κ3) is 6.04. The lowest BCUT2D eigenvalue weighted by molar-refractivity contribution is -0.149. The van der Waals surface area contributed by atoms with Crippen molar-refractivity contribution >= 4 is 33.8 Å². The van der Waals surface area contributed by atoms with Crippen molar-refractivity contribution in [1.29, 1.82) is 0 Å². The monoisotopic (exact) mass is 338 g/mol. The number of hydrogen-bond acceptors (Lipinski definition) is 6. The van der Waals surface area contributed by atoms with Crippen molar-refractivity contribution in [2.24, 2.45) is 11.8 Å². The van der Waals surface area contributed by atoms with Gasteiger partial charge in [0, 0.05) is 0 Å². The van der Waals surface area contributed by atoms with E-state index in [0.717, 1.165) is 0 Å². The predicted molar refractivity (Wildman–Crippen MR) is 70.7 cm³/mol. The van der Waals surface area contributed by atoms with Crippen LogP contribution < -0.4 is 0 Å². The molecule has 0 aromatic carbocycles. The van der Waals surface area contributed by atoms with Gasteiger partial charge in [-0.15, -0.1) is 0 Å². The standard InChI is InChI=1S/C12H19BrO6/c1-7(10(14)17-2)5-8(11(15)18-3)6-9(13)12(16)19-4/h7-9H,5-6H2,1-4H3. The quantitative estimate of drug-likeness (QED) is 0.395. The maximum absolute atomic E-state index is 11.7. The fourth-order valence-electron chi connectivity index (χ4n) is 1.65. The zero-order valence-electron chi connectivity index (χ0n) is 11.5. The number of hydrogen-bond donors (Lipinski definition) is 0. The fourth-order valence-corrected chi connectivity index (χ4v) is 2.29. The van der Waals surface area contributed by atoms with Crippen LogP contribution >= 0.6 is 15.9 Å². The second-order valence-corrected chi connectivity index (χ2v) is 5.21. The van der Waals surface area contributed by atoms with Gasteiger partial charge in [0.15, 0.2) is 0 Å². The van der Waals surface area contributed by atoms with Gasteiger partial charge in [-0.05, 0) is 12.8 Å². The van der Waals surface area contributed by atoms with Crippen LogP contribution in [0.25, 0.3) is 0 Å². The van der Waals surface area contributed by atoms with Gasteiger partial charge in [0.25, 0.3) is 0 Å². The molecule has 0 N–H and O–H groups in total. The van der Waals surface area contributed by atoms with Gasteiger partial charge in [-0.25, -0.2) is 0 Å². The average molecular weight is 339 g/mol. The van der Waals surface area contributed by atoms with Crippen LogP contribution in [0, 0.1) is 11.8 Å². The Morgan fingerprint density at radius 2 is 1.37 bits per heavy atom. The summed E-state index contributed by atoms with van der Waals surface area (Å²) < 4.78 is 13.9. The highest BCUT2D eigenvalue weighted by Gasteiger charge is 2.30. The summed E-state index contributed by atoms with van der Waals surface area (Å²) in [5.41, 5.74) is 0. The van der Waals surface area contributed by atoms with Gasteiger partial charge in [-0.3, -0.25) is 14.4 Å². The van der Waals surface area contributed by atoms with Gasteiger partial charge < -0.3 is 14.2 Å². The summed E-state index contributed by atoms with van der Waals surface area (Å²) in [6, 6.07) is 0. The number of esters is 3. The number of alkyl halides is 1. The normalized spacial score (nSPS) is 15.0. The minimum absolute atomic E-state index is 0.195. The molecule has 3 unspecified atom stereocenters. The van der Waals surface area contributed by atoms with Gasteiger partial charge in [0.2, 0.25) is 0 Å². The lowest BCUT2D eigenvalue weighted by Gasteiger charge is -2.19. The van der Waals surface area contributed by atoms with E-state index in [1.807, 2.05) is 0 Å². The van der Waals surface area contributed by atoms with Gasteiger partial charge in [-0.1, -0.05) is 22.9 Å². The molecule has 0 heterocycles. The Bertz CT molecular complexity index is 306. The van der Waals surface area contributed by atoms with Crippen LogP contribution in [0.1, 0.15) is 19.8 Å². The van der Waals surface area contributed by atoms with E-state index in [-0.39, 0.29) is 12.8 Å². The van der Waals surface area contributed by atoms with Crippen LogP contribution in [0.4, 0.5) is 0 Å². The molecular weight excluding hydrogens is 320 g/mol. The molecule has 0 saturated heterocycles. The van der Waals surface area contributed by atoms with E-state index in [0.29, 0.717) is 0 Å². The lowest BCUT2D eigenvalue weighted by atomic mass is 9.92. The number of ether oxygens (including phenoxy) is 3. The highest BCUT2D eigenvalue weighted by molar-refractivity contribution is 9.10. The number of rotatable bonds is 7. The van der Waals surface area contributed by atoms with Crippen LogP contribution in [0.3, 0.4) is 0 Å². The highest BCUT2D eigenvalue weighted by atomic mass is 79.9. The highest BCUT2D eigenvalue weighted by Crippen LogP contribution is 2.23. The lowest BCUT2D eigenvalue weighted by Crippen LogP contribution is -2.28. The maximum Gasteiger partial charge on any atom is 0.319 e. The summed E-state index contributed by atoms with van der Waals surface area (Å²) in [7, 11) is 3.81. The molecule has 0 amide bonds. The zero-order chi connectivity index (χ0) is 15.0. The van der Waals surface area contributed by atoms with Crippen molar-refractivity contribution in [3.63, 3.8) is 0 Å². The molecule has 7 heteroatoms. The van der Waals surface area contributed by atoms with E-state index in [9.17, 15) is 14.4 Å². The van der Waals surface area contributed by atoms with E-state index >= 15 is 0 Å². The van der Waals surface area contributed by atoms with Gasteiger partial charge >= 0.3 is 17.9 Å².